The first-order valence-electron chi connectivity index (χ1n) is 5.92. The van der Waals surface area contributed by atoms with E-state index in [1.54, 1.807) is 7.11 Å². The van der Waals surface area contributed by atoms with Gasteiger partial charge in [-0.2, -0.15) is 0 Å². The number of hydrogen-bond acceptors (Lipinski definition) is 3. The minimum absolute atomic E-state index is 0.0748. The number of methoxy groups -OCH3 is 1. The fourth-order valence-corrected chi connectivity index (χ4v) is 2.16. The average molecular weight is 236 g/mol. The number of hydrogen-bond donors (Lipinski definition) is 1. The maximum atomic E-state index is 12.2. The lowest BCUT2D eigenvalue weighted by Crippen LogP contribution is -2.42. The Morgan fingerprint density at radius 3 is 3.00 bits per heavy atom. The monoisotopic (exact) mass is 236 g/mol. The molecule has 1 saturated heterocycles. The van der Waals surface area contributed by atoms with Crippen LogP contribution >= 0.6 is 0 Å². The van der Waals surface area contributed by atoms with Crippen LogP contribution in [-0.4, -0.2) is 57.8 Å². The summed E-state index contributed by atoms with van der Waals surface area (Å²) in [5.41, 5.74) is 0. The van der Waals surface area contributed by atoms with Crippen LogP contribution in [-0.2, 0) is 4.74 Å². The van der Waals surface area contributed by atoms with Gasteiger partial charge < -0.3 is 10.1 Å². The summed E-state index contributed by atoms with van der Waals surface area (Å²) in [7, 11) is 1.67. The first-order chi connectivity index (χ1) is 7.72. The third-order valence-electron chi connectivity index (χ3n) is 2.92. The van der Waals surface area contributed by atoms with Crippen molar-refractivity contribution in [2.24, 2.45) is 5.92 Å². The first-order valence-corrected chi connectivity index (χ1v) is 5.92. The van der Waals surface area contributed by atoms with E-state index >= 15 is 0 Å². The molecule has 0 aliphatic carbocycles. The molecule has 0 spiro atoms. The molecule has 0 bridgehead atoms. The van der Waals surface area contributed by atoms with Crippen LogP contribution in [0.1, 0.15) is 12.8 Å². The van der Waals surface area contributed by atoms with E-state index in [1.807, 2.05) is 4.90 Å². The summed E-state index contributed by atoms with van der Waals surface area (Å²) < 4.78 is 29.4. The van der Waals surface area contributed by atoms with Crippen molar-refractivity contribution in [1.82, 2.24) is 10.2 Å². The van der Waals surface area contributed by atoms with Gasteiger partial charge in [-0.05, 0) is 31.8 Å². The predicted octanol–water partition coefficient (Wildman–Crippen LogP) is 1.20. The fraction of sp³-hybridized carbons (Fsp3) is 1.00. The van der Waals surface area contributed by atoms with Gasteiger partial charge in [0.05, 0.1) is 13.2 Å². The highest BCUT2D eigenvalue weighted by Gasteiger charge is 2.21. The highest BCUT2D eigenvalue weighted by atomic mass is 19.3. The van der Waals surface area contributed by atoms with Crippen LogP contribution in [0.25, 0.3) is 0 Å². The SMILES string of the molecule is COCCNCC1CCCN(CC(F)F)C1. The van der Waals surface area contributed by atoms with Crippen molar-refractivity contribution in [3.63, 3.8) is 0 Å². The Balaban J connectivity index is 2.12. The van der Waals surface area contributed by atoms with Crippen LogP contribution in [0.2, 0.25) is 0 Å². The van der Waals surface area contributed by atoms with E-state index in [2.05, 4.69) is 5.32 Å². The Hall–Kier alpha value is -0.260. The molecule has 1 aliphatic heterocycles. The van der Waals surface area contributed by atoms with Gasteiger partial charge in [0.25, 0.3) is 6.43 Å². The number of piperidine rings is 1. The Morgan fingerprint density at radius 1 is 1.50 bits per heavy atom. The van der Waals surface area contributed by atoms with Crippen molar-refractivity contribution in [2.45, 2.75) is 19.3 Å². The molecule has 1 N–H and O–H groups in total. The molecule has 0 aromatic heterocycles. The van der Waals surface area contributed by atoms with Crippen LogP contribution < -0.4 is 5.32 Å². The molecule has 0 radical (unpaired) electrons. The van der Waals surface area contributed by atoms with Crippen LogP contribution in [0.5, 0.6) is 0 Å². The minimum atomic E-state index is -2.21. The topological polar surface area (TPSA) is 24.5 Å². The number of ether oxygens (including phenoxy) is 1. The van der Waals surface area contributed by atoms with Gasteiger partial charge in [-0.15, -0.1) is 0 Å². The number of rotatable bonds is 7. The molecule has 1 unspecified atom stereocenters. The second kappa shape index (κ2) is 7.92. The summed E-state index contributed by atoms with van der Waals surface area (Å²) in [5.74, 6) is 0.504. The highest BCUT2D eigenvalue weighted by molar-refractivity contribution is 4.75. The standard InChI is InChI=1S/C11H22F2N2O/c1-16-6-4-14-7-10-3-2-5-15(8-10)9-11(12)13/h10-11,14H,2-9H2,1H3. The summed E-state index contributed by atoms with van der Waals surface area (Å²) in [5, 5.41) is 3.29. The van der Waals surface area contributed by atoms with Gasteiger partial charge in [-0.3, -0.25) is 4.90 Å². The van der Waals surface area contributed by atoms with Crippen molar-refractivity contribution in [1.29, 1.82) is 0 Å². The van der Waals surface area contributed by atoms with E-state index in [4.69, 9.17) is 4.74 Å². The van der Waals surface area contributed by atoms with Crippen molar-refractivity contribution < 1.29 is 13.5 Å². The summed E-state index contributed by atoms with van der Waals surface area (Å²) in [4.78, 5) is 1.87. The predicted molar refractivity (Wildman–Crippen MR) is 59.9 cm³/mol. The van der Waals surface area contributed by atoms with Gasteiger partial charge in [0, 0.05) is 20.2 Å². The molecule has 16 heavy (non-hydrogen) atoms. The third kappa shape index (κ3) is 5.72. The van der Waals surface area contributed by atoms with Gasteiger partial charge in [0.2, 0.25) is 0 Å². The Bertz CT molecular complexity index is 181. The zero-order chi connectivity index (χ0) is 11.8. The molecular weight excluding hydrogens is 214 g/mol. The van der Waals surface area contributed by atoms with Crippen LogP contribution in [0.3, 0.4) is 0 Å². The van der Waals surface area contributed by atoms with E-state index in [9.17, 15) is 8.78 Å². The quantitative estimate of drug-likeness (QED) is 0.672. The van der Waals surface area contributed by atoms with Crippen molar-refractivity contribution in [3.8, 4) is 0 Å². The van der Waals surface area contributed by atoms with Crippen LogP contribution in [0, 0.1) is 5.92 Å². The smallest absolute Gasteiger partial charge is 0.251 e. The molecule has 5 heteroatoms. The molecule has 1 atom stereocenters. The van der Waals surface area contributed by atoms with Gasteiger partial charge in [-0.25, -0.2) is 8.78 Å². The highest BCUT2D eigenvalue weighted by Crippen LogP contribution is 2.16. The van der Waals surface area contributed by atoms with Crippen molar-refractivity contribution in [3.05, 3.63) is 0 Å². The van der Waals surface area contributed by atoms with Gasteiger partial charge in [0.1, 0.15) is 0 Å². The van der Waals surface area contributed by atoms with Gasteiger partial charge in [-0.1, -0.05) is 0 Å². The largest absolute Gasteiger partial charge is 0.383 e. The molecule has 1 fully saturated rings. The zero-order valence-electron chi connectivity index (χ0n) is 9.92. The Kier molecular flexibility index (Phi) is 6.84. The Morgan fingerprint density at radius 2 is 2.31 bits per heavy atom. The summed E-state index contributed by atoms with van der Waals surface area (Å²) in [6, 6.07) is 0. The van der Waals surface area contributed by atoms with E-state index in [0.29, 0.717) is 12.5 Å². The Labute approximate surface area is 96.1 Å². The van der Waals surface area contributed by atoms with E-state index in [0.717, 1.165) is 39.0 Å². The molecule has 0 amide bonds. The molecule has 0 aromatic rings. The van der Waals surface area contributed by atoms with Crippen LogP contribution in [0.4, 0.5) is 8.78 Å². The van der Waals surface area contributed by atoms with E-state index in [-0.39, 0.29) is 6.54 Å². The maximum absolute atomic E-state index is 12.2. The number of alkyl halides is 2. The minimum Gasteiger partial charge on any atom is -0.383 e. The molecule has 1 heterocycles. The van der Waals surface area contributed by atoms with Crippen molar-refractivity contribution in [2.75, 3.05) is 46.4 Å². The number of nitrogens with zero attached hydrogens (tertiary/aromatic N) is 1. The van der Waals surface area contributed by atoms with Crippen LogP contribution in [0.15, 0.2) is 0 Å². The molecular formula is C11H22F2N2O. The lowest BCUT2D eigenvalue weighted by Gasteiger charge is -2.32. The molecule has 3 nitrogen and oxygen atoms in total. The van der Waals surface area contributed by atoms with Crippen molar-refractivity contribution >= 4 is 0 Å². The summed E-state index contributed by atoms with van der Waals surface area (Å²) in [6.07, 6.45) is -0.0384. The average Bonchev–Trinajstić information content (AvgIpc) is 2.24. The number of halogens is 2. The third-order valence-corrected chi connectivity index (χ3v) is 2.92. The second-order valence-corrected chi connectivity index (χ2v) is 4.36. The van der Waals surface area contributed by atoms with Gasteiger partial charge >= 0.3 is 0 Å². The van der Waals surface area contributed by atoms with E-state index in [1.165, 1.54) is 0 Å². The summed E-state index contributed by atoms with van der Waals surface area (Å²) >= 11 is 0. The number of nitrogens with one attached hydrogen (secondary N) is 1. The lowest BCUT2D eigenvalue weighted by atomic mass is 9.98. The first kappa shape index (κ1) is 13.8. The molecule has 96 valence electrons. The normalized spacial score (nSPS) is 22.9. The summed E-state index contributed by atoms with van der Waals surface area (Å²) in [6.45, 7) is 3.98. The second-order valence-electron chi connectivity index (χ2n) is 4.36. The molecule has 1 rings (SSSR count). The van der Waals surface area contributed by atoms with Gasteiger partial charge in [0.15, 0.2) is 0 Å². The van der Waals surface area contributed by atoms with E-state index < -0.39 is 6.43 Å². The lowest BCUT2D eigenvalue weighted by molar-refractivity contribution is 0.0645. The molecule has 0 saturated carbocycles. The fourth-order valence-electron chi connectivity index (χ4n) is 2.16. The molecule has 0 aromatic carbocycles. The zero-order valence-corrected chi connectivity index (χ0v) is 9.92. The molecule has 1 aliphatic rings. The number of likely N-dealkylation sites (tertiary alicyclic amines) is 1. The maximum Gasteiger partial charge on any atom is 0.251 e.